The summed E-state index contributed by atoms with van der Waals surface area (Å²) in [5.74, 6) is -2.94. The Morgan fingerprint density at radius 1 is 1.43 bits per heavy atom. The minimum Gasteiger partial charge on any atom is -0.491 e. The molecule has 1 heterocycles. The number of aromatic nitrogens is 1. The van der Waals surface area contributed by atoms with E-state index in [1.165, 1.54) is 13.3 Å². The maximum atomic E-state index is 14.0. The number of methoxy groups -OCH3 is 1. The average molecular weight is 291 g/mol. The van der Waals surface area contributed by atoms with Crippen molar-refractivity contribution in [1.29, 1.82) is 5.26 Å². The third-order valence-corrected chi connectivity index (χ3v) is 3.61. The zero-order valence-electron chi connectivity index (χ0n) is 11.1. The van der Waals surface area contributed by atoms with Crippen molar-refractivity contribution in [2.45, 2.75) is 18.9 Å². The molecular formula is C14H11F2N3O2. The lowest BCUT2D eigenvalue weighted by Gasteiger charge is -2.16. The van der Waals surface area contributed by atoms with E-state index in [4.69, 9.17) is 15.7 Å². The predicted molar refractivity (Wildman–Crippen MR) is 72.1 cm³/mol. The molecule has 7 heteroatoms. The number of nitrogens with zero attached hydrogens (tertiary/aromatic N) is 2. The number of nitrogen functional groups attached to an aromatic ring is 1. The second kappa shape index (κ2) is 4.45. The number of fused-ring (bicyclic) bond motifs is 1. The fourth-order valence-electron chi connectivity index (χ4n) is 2.45. The number of halogens is 2. The smallest absolute Gasteiger partial charge is 0.209 e. The van der Waals surface area contributed by atoms with Crippen molar-refractivity contribution < 1.29 is 13.5 Å². The van der Waals surface area contributed by atoms with Crippen LogP contribution in [0.4, 0.5) is 14.5 Å². The molecular weight excluding hydrogens is 280 g/mol. The highest BCUT2D eigenvalue weighted by Crippen LogP contribution is 2.42. The van der Waals surface area contributed by atoms with E-state index in [9.17, 15) is 13.6 Å². The summed E-state index contributed by atoms with van der Waals surface area (Å²) >= 11 is 0. The van der Waals surface area contributed by atoms with Crippen molar-refractivity contribution in [3.05, 3.63) is 33.6 Å². The molecule has 108 valence electrons. The van der Waals surface area contributed by atoms with Crippen LogP contribution in [0.1, 0.15) is 24.4 Å². The molecule has 0 radical (unpaired) electrons. The average Bonchev–Trinajstić information content (AvgIpc) is 3.30. The van der Waals surface area contributed by atoms with Gasteiger partial charge >= 0.3 is 0 Å². The summed E-state index contributed by atoms with van der Waals surface area (Å²) in [5, 5.41) is 8.83. The molecule has 0 unspecified atom stereocenters. The molecule has 1 aromatic heterocycles. The number of anilines is 1. The normalized spacial score (nSPS) is 14.2. The summed E-state index contributed by atoms with van der Waals surface area (Å²) in [6.07, 6.45) is 3.00. The van der Waals surface area contributed by atoms with E-state index in [0.29, 0.717) is 0 Å². The Hall–Kier alpha value is -2.62. The topological polar surface area (TPSA) is 81.0 Å². The Balaban J connectivity index is 2.61. The summed E-state index contributed by atoms with van der Waals surface area (Å²) in [4.78, 5) is 12.2. The Morgan fingerprint density at radius 2 is 2.10 bits per heavy atom. The third-order valence-electron chi connectivity index (χ3n) is 3.61. The number of ether oxygens (including phenoxy) is 1. The van der Waals surface area contributed by atoms with Crippen molar-refractivity contribution in [2.24, 2.45) is 0 Å². The first-order valence-electron chi connectivity index (χ1n) is 6.30. The molecule has 1 fully saturated rings. The van der Waals surface area contributed by atoms with Crippen LogP contribution in [0.5, 0.6) is 5.75 Å². The van der Waals surface area contributed by atoms with E-state index in [1.54, 1.807) is 10.6 Å². The second-order valence-corrected chi connectivity index (χ2v) is 4.92. The molecule has 0 atom stereocenters. The summed E-state index contributed by atoms with van der Waals surface area (Å²) in [6.45, 7) is 0. The monoisotopic (exact) mass is 291 g/mol. The summed E-state index contributed by atoms with van der Waals surface area (Å²) in [7, 11) is 1.19. The molecule has 2 aromatic rings. The van der Waals surface area contributed by atoms with Crippen LogP contribution in [0.15, 0.2) is 11.0 Å². The Kier molecular flexibility index (Phi) is 2.83. The van der Waals surface area contributed by atoms with Gasteiger partial charge in [0.15, 0.2) is 11.6 Å². The van der Waals surface area contributed by atoms with Crippen LogP contribution in [-0.2, 0) is 0 Å². The second-order valence-electron chi connectivity index (χ2n) is 4.92. The molecule has 0 saturated heterocycles. The first-order chi connectivity index (χ1) is 10.0. The van der Waals surface area contributed by atoms with Crippen LogP contribution in [-0.4, -0.2) is 11.7 Å². The lowest BCUT2D eigenvalue weighted by molar-refractivity contribution is 0.375. The third kappa shape index (κ3) is 1.76. The molecule has 5 nitrogen and oxygen atoms in total. The number of benzene rings is 1. The van der Waals surface area contributed by atoms with E-state index in [2.05, 4.69) is 0 Å². The molecule has 1 aliphatic rings. The van der Waals surface area contributed by atoms with Crippen molar-refractivity contribution >= 4 is 16.6 Å². The van der Waals surface area contributed by atoms with Crippen LogP contribution in [0.3, 0.4) is 0 Å². The quantitative estimate of drug-likeness (QED) is 0.859. The molecule has 0 spiro atoms. The zero-order valence-corrected chi connectivity index (χ0v) is 11.1. The van der Waals surface area contributed by atoms with E-state index >= 15 is 0 Å². The molecule has 3 rings (SSSR count). The lowest BCUT2D eigenvalue weighted by Crippen LogP contribution is -2.17. The Labute approximate surface area is 118 Å². The van der Waals surface area contributed by atoms with Gasteiger partial charge in [-0.15, -0.1) is 0 Å². The molecule has 1 aliphatic carbocycles. The van der Waals surface area contributed by atoms with E-state index in [1.807, 2.05) is 0 Å². The number of hydrogen-bond acceptors (Lipinski definition) is 4. The Bertz CT molecular complexity index is 864. The highest BCUT2D eigenvalue weighted by Gasteiger charge is 2.30. The molecule has 0 aliphatic heterocycles. The molecule has 0 amide bonds. The Morgan fingerprint density at radius 3 is 2.62 bits per heavy atom. The van der Waals surface area contributed by atoms with Crippen molar-refractivity contribution in [3.8, 4) is 11.8 Å². The first-order valence-corrected chi connectivity index (χ1v) is 6.30. The fourth-order valence-corrected chi connectivity index (χ4v) is 2.45. The fraction of sp³-hybridized carbons (Fsp3) is 0.286. The van der Waals surface area contributed by atoms with E-state index in [-0.39, 0.29) is 28.3 Å². The predicted octanol–water partition coefficient (Wildman–Crippen LogP) is 2.08. The van der Waals surface area contributed by atoms with Gasteiger partial charge in [0.1, 0.15) is 17.1 Å². The highest BCUT2D eigenvalue weighted by molar-refractivity contribution is 5.96. The summed E-state index contributed by atoms with van der Waals surface area (Å²) < 4.78 is 34.4. The van der Waals surface area contributed by atoms with Crippen molar-refractivity contribution in [2.75, 3.05) is 12.8 Å². The van der Waals surface area contributed by atoms with Crippen molar-refractivity contribution in [1.82, 2.24) is 4.57 Å². The molecule has 2 N–H and O–H groups in total. The number of rotatable bonds is 2. The van der Waals surface area contributed by atoms with Crippen LogP contribution in [0.25, 0.3) is 10.9 Å². The summed E-state index contributed by atoms with van der Waals surface area (Å²) in [6, 6.07) is 1.79. The zero-order chi connectivity index (χ0) is 15.3. The molecule has 1 saturated carbocycles. The number of nitriles is 1. The lowest BCUT2D eigenvalue weighted by atomic mass is 10.1. The van der Waals surface area contributed by atoms with Gasteiger partial charge in [-0.1, -0.05) is 0 Å². The number of hydrogen-bond donors (Lipinski definition) is 1. The molecule has 0 bridgehead atoms. The molecule has 1 aromatic carbocycles. The van der Waals surface area contributed by atoms with Gasteiger partial charge in [-0.3, -0.25) is 4.79 Å². The van der Waals surface area contributed by atoms with Gasteiger partial charge in [-0.05, 0) is 12.8 Å². The minimum absolute atomic E-state index is 0.0263. The first kappa shape index (κ1) is 13.4. The van der Waals surface area contributed by atoms with Gasteiger partial charge in [0.05, 0.1) is 18.2 Å². The molecule has 21 heavy (non-hydrogen) atoms. The minimum atomic E-state index is -1.34. The standard InChI is InChI=1S/C14H11F2N3O2/c1-21-14-10(16)9(15)11(18)8-12(14)19(7-2-3-7)5-6(4-17)13(8)20/h5,7H,2-3,18H2,1H3. The summed E-state index contributed by atoms with van der Waals surface area (Å²) in [5.41, 5.74) is 4.18. The van der Waals surface area contributed by atoms with Crippen LogP contribution in [0, 0.1) is 23.0 Å². The van der Waals surface area contributed by atoms with Gasteiger partial charge in [-0.25, -0.2) is 4.39 Å². The highest BCUT2D eigenvalue weighted by atomic mass is 19.2. The van der Waals surface area contributed by atoms with Gasteiger partial charge in [-0.2, -0.15) is 9.65 Å². The van der Waals surface area contributed by atoms with E-state index < -0.39 is 22.8 Å². The van der Waals surface area contributed by atoms with Gasteiger partial charge in [0, 0.05) is 12.2 Å². The maximum Gasteiger partial charge on any atom is 0.209 e. The SMILES string of the molecule is COc1c(F)c(F)c(N)c2c(=O)c(C#N)cn(C3CC3)c12. The van der Waals surface area contributed by atoms with E-state index in [0.717, 1.165) is 12.8 Å². The number of pyridine rings is 1. The largest absolute Gasteiger partial charge is 0.491 e. The van der Waals surface area contributed by atoms with Gasteiger partial charge in [0.2, 0.25) is 11.2 Å². The maximum absolute atomic E-state index is 14.0. The van der Waals surface area contributed by atoms with Crippen LogP contribution >= 0.6 is 0 Å². The van der Waals surface area contributed by atoms with Crippen molar-refractivity contribution in [3.63, 3.8) is 0 Å². The van der Waals surface area contributed by atoms with Crippen LogP contribution < -0.4 is 15.9 Å². The van der Waals surface area contributed by atoms with Crippen LogP contribution in [0.2, 0.25) is 0 Å². The van der Waals surface area contributed by atoms with Gasteiger partial charge in [0.25, 0.3) is 0 Å². The van der Waals surface area contributed by atoms with Gasteiger partial charge < -0.3 is 15.0 Å². The number of nitrogens with two attached hydrogens (primary N) is 1.